The van der Waals surface area contributed by atoms with Crippen molar-refractivity contribution >= 4 is 66.3 Å². The zero-order chi connectivity index (χ0) is 55.0. The van der Waals surface area contributed by atoms with Gasteiger partial charge in [0.2, 0.25) is 11.8 Å². The number of aliphatic hydroxyl groups is 1. The predicted molar refractivity (Wildman–Crippen MR) is 317 cm³/mol. The maximum Gasteiger partial charge on any atom is 0.273 e. The van der Waals surface area contributed by atoms with E-state index in [1.165, 1.54) is 50.0 Å². The summed E-state index contributed by atoms with van der Waals surface area (Å²) in [5, 5.41) is 36.4. The summed E-state index contributed by atoms with van der Waals surface area (Å²) in [6.07, 6.45) is 0.629. The Bertz CT molecular complexity index is 4000. The number of nitrogens with one attached hydrogen (secondary N) is 2. The van der Waals surface area contributed by atoms with E-state index < -0.39 is 21.9 Å². The molecule has 6 aliphatic carbocycles. The van der Waals surface area contributed by atoms with Gasteiger partial charge in [-0.05, 0) is 107 Å². The molecule has 79 heavy (non-hydrogen) atoms. The van der Waals surface area contributed by atoms with E-state index in [9.17, 15) is 19.7 Å². The fourth-order valence-electron chi connectivity index (χ4n) is 13.7. The van der Waals surface area contributed by atoms with Gasteiger partial charge < -0.3 is 21.5 Å². The normalized spacial score (nSPS) is 22.5. The Morgan fingerprint density at radius 3 is 1.32 bits per heavy atom. The van der Waals surface area contributed by atoms with Gasteiger partial charge >= 0.3 is 0 Å². The number of fused-ring (bicyclic) bond motifs is 4. The molecule has 2 unspecified atom stereocenters. The number of anilines is 2. The quantitative estimate of drug-likeness (QED) is 0.0901. The average molecular weight is 1080 g/mol. The number of amides is 2. The summed E-state index contributed by atoms with van der Waals surface area (Å²) in [5.74, 6) is -0.651. The molecule has 4 bridgehead atoms. The number of carbonyl (C=O) groups excluding carboxylic acids is 2. The number of aromatic nitrogens is 2. The van der Waals surface area contributed by atoms with Crippen LogP contribution in [0.25, 0.3) is 44.1 Å². The molecule has 13 heteroatoms. The molecule has 394 valence electrons. The lowest BCUT2D eigenvalue weighted by Gasteiger charge is -2.55. The smallest absolute Gasteiger partial charge is 0.273 e. The third-order valence-corrected chi connectivity index (χ3v) is 18.6. The molecule has 2 heterocycles. The molecular weight excluding hydrogens is 1020 g/mol. The Balaban J connectivity index is 0.000000151. The second-order valence-electron chi connectivity index (χ2n) is 21.7. The summed E-state index contributed by atoms with van der Waals surface area (Å²) in [4.78, 5) is 50.5. The maximum absolute atomic E-state index is 14.1. The largest absolute Gasteiger partial charge is 0.397 e. The molecule has 0 radical (unpaired) electrons. The second kappa shape index (κ2) is 19.6. The van der Waals surface area contributed by atoms with Crippen molar-refractivity contribution in [2.45, 2.75) is 70.4 Å². The Morgan fingerprint density at radius 2 is 0.911 bits per heavy atom. The van der Waals surface area contributed by atoms with Crippen molar-refractivity contribution in [1.29, 1.82) is 0 Å². The third kappa shape index (κ3) is 8.04. The Morgan fingerprint density at radius 1 is 0.570 bits per heavy atom. The van der Waals surface area contributed by atoms with E-state index in [1.54, 1.807) is 6.92 Å². The SMILES string of the molecule is CCO.Cc1ccc(-c2csc(NC(=O)C3(C)CC4(N)c5ccccc5C3c3ccccc34)n2)c2ccccc12.Cc1ccc(-c2csc(NC(=O)C3(C)CC4([N+](=O)[O-])c5ccccc5C3c3ccccc34)n2)c2ccccc12. The van der Waals surface area contributed by atoms with Crippen LogP contribution in [0.5, 0.6) is 0 Å². The molecule has 8 aromatic carbocycles. The van der Waals surface area contributed by atoms with Crippen molar-refractivity contribution in [3.63, 3.8) is 0 Å². The molecule has 2 amide bonds. The first kappa shape index (κ1) is 51.6. The summed E-state index contributed by atoms with van der Waals surface area (Å²) in [6, 6.07) is 56.7. The van der Waals surface area contributed by atoms with Crippen molar-refractivity contribution in [3.8, 4) is 22.5 Å². The standard InChI is InChI=1S/C32H25N3O3S.C32H27N3OS.C2H6O/c1-19-15-16-22(21-10-4-3-9-20(19)21)27-17-39-30(33-27)34-29(36)31(2)18-32(35(37)38)25-13-7-5-11-23(25)28(31)24-12-6-8-14-26(24)32;1-19-15-16-22(21-10-4-3-9-20(19)21)27-17-37-30(34-27)35-29(36)31(2)18-32(33)25-13-7-5-11-23(25)28(31)24-12-6-8-14-26(24)32;1-2-3/h3-17,28H,18H2,1-2H3,(H,33,34,36);3-17,28H,18,33H2,1-2H3,(H,34,35,36);3H,2H2,1H3. The Hall–Kier alpha value is -8.20. The monoisotopic (exact) mass is 1080 g/mol. The predicted octanol–water partition coefficient (Wildman–Crippen LogP) is 14.3. The molecule has 2 atom stereocenters. The van der Waals surface area contributed by atoms with Gasteiger partial charge in [-0.15, -0.1) is 22.7 Å². The third-order valence-electron chi connectivity index (χ3n) is 17.1. The van der Waals surface area contributed by atoms with E-state index in [1.807, 2.05) is 103 Å². The first-order valence-corrected chi connectivity index (χ1v) is 28.4. The van der Waals surface area contributed by atoms with Crippen LogP contribution in [0.4, 0.5) is 10.3 Å². The van der Waals surface area contributed by atoms with Gasteiger partial charge in [0.25, 0.3) is 5.54 Å². The van der Waals surface area contributed by atoms with Crippen LogP contribution in [0, 0.1) is 34.8 Å². The summed E-state index contributed by atoms with van der Waals surface area (Å²) in [5.41, 5.74) is 17.0. The van der Waals surface area contributed by atoms with Gasteiger partial charge in [0.1, 0.15) is 0 Å². The van der Waals surface area contributed by atoms with Crippen LogP contribution >= 0.6 is 22.7 Å². The second-order valence-corrected chi connectivity index (χ2v) is 23.5. The molecule has 16 rings (SSSR count). The van der Waals surface area contributed by atoms with Crippen molar-refractivity contribution < 1.29 is 19.6 Å². The van der Waals surface area contributed by atoms with Gasteiger partial charge in [-0.2, -0.15) is 0 Å². The topological polar surface area (TPSA) is 173 Å². The first-order chi connectivity index (χ1) is 38.2. The van der Waals surface area contributed by atoms with E-state index in [0.29, 0.717) is 27.8 Å². The highest BCUT2D eigenvalue weighted by Gasteiger charge is 2.67. The first-order valence-electron chi connectivity index (χ1n) is 26.6. The number of aliphatic hydroxyl groups excluding tert-OH is 1. The van der Waals surface area contributed by atoms with Crippen LogP contribution in [0.2, 0.25) is 0 Å². The summed E-state index contributed by atoms with van der Waals surface area (Å²) >= 11 is 2.83. The number of nitrogens with two attached hydrogens (primary N) is 1. The van der Waals surface area contributed by atoms with Crippen LogP contribution < -0.4 is 16.4 Å². The van der Waals surface area contributed by atoms with E-state index in [2.05, 4.69) is 116 Å². The number of benzene rings is 8. The summed E-state index contributed by atoms with van der Waals surface area (Å²) in [7, 11) is 0. The van der Waals surface area contributed by atoms with Crippen LogP contribution in [0.15, 0.2) is 181 Å². The molecule has 2 aromatic heterocycles. The number of carbonyl (C=O) groups is 2. The van der Waals surface area contributed by atoms with Crippen molar-refractivity contribution in [1.82, 2.24) is 9.97 Å². The minimum absolute atomic E-state index is 0.0361. The zero-order valence-electron chi connectivity index (χ0n) is 44.4. The molecule has 0 spiro atoms. The van der Waals surface area contributed by atoms with Gasteiger partial charge in [0.05, 0.1) is 27.8 Å². The molecular formula is C66H58N6O5S2. The summed E-state index contributed by atoms with van der Waals surface area (Å²) in [6.45, 7) is 10.1. The van der Waals surface area contributed by atoms with Gasteiger partial charge in [-0.25, -0.2) is 9.97 Å². The highest BCUT2D eigenvalue weighted by atomic mass is 32.1. The van der Waals surface area contributed by atoms with Crippen molar-refractivity contribution in [3.05, 3.63) is 246 Å². The molecule has 0 saturated heterocycles. The molecule has 6 aliphatic rings. The highest BCUT2D eigenvalue weighted by Crippen LogP contribution is 2.65. The molecule has 0 aliphatic heterocycles. The minimum Gasteiger partial charge on any atom is -0.397 e. The number of nitro groups is 1. The van der Waals surface area contributed by atoms with E-state index in [4.69, 9.17) is 20.8 Å². The van der Waals surface area contributed by atoms with Gasteiger partial charge in [0, 0.05) is 62.8 Å². The number of aryl methyl sites for hydroxylation is 2. The Labute approximate surface area is 466 Å². The number of hydrogen-bond donors (Lipinski definition) is 4. The van der Waals surface area contributed by atoms with Crippen LogP contribution in [0.1, 0.15) is 101 Å². The number of thiazole rings is 2. The van der Waals surface area contributed by atoms with E-state index in [0.717, 1.165) is 61.3 Å². The summed E-state index contributed by atoms with van der Waals surface area (Å²) < 4.78 is 0. The van der Waals surface area contributed by atoms with E-state index in [-0.39, 0.29) is 41.6 Å². The van der Waals surface area contributed by atoms with E-state index >= 15 is 0 Å². The van der Waals surface area contributed by atoms with Crippen LogP contribution in [-0.2, 0) is 20.7 Å². The lowest BCUT2D eigenvalue weighted by Crippen LogP contribution is -2.57. The number of hydrogen-bond acceptors (Lipinski definition) is 10. The fraction of sp³-hybridized carbons (Fsp3) is 0.212. The lowest BCUT2D eigenvalue weighted by molar-refractivity contribution is -0.573. The van der Waals surface area contributed by atoms with Gasteiger partial charge in [0.15, 0.2) is 10.3 Å². The molecule has 5 N–H and O–H groups in total. The zero-order valence-corrected chi connectivity index (χ0v) is 46.0. The minimum atomic E-state index is -1.48. The van der Waals surface area contributed by atoms with Crippen molar-refractivity contribution in [2.24, 2.45) is 16.6 Å². The molecule has 10 aromatic rings. The van der Waals surface area contributed by atoms with Crippen LogP contribution in [0.3, 0.4) is 0 Å². The van der Waals surface area contributed by atoms with Crippen molar-refractivity contribution in [2.75, 3.05) is 17.2 Å². The maximum atomic E-state index is 14.1. The fourth-order valence-corrected chi connectivity index (χ4v) is 15.1. The lowest BCUT2D eigenvalue weighted by atomic mass is 9.49. The number of nitrogens with zero attached hydrogens (tertiary/aromatic N) is 3. The number of rotatable bonds is 7. The molecule has 0 fully saturated rings. The molecule has 11 nitrogen and oxygen atoms in total. The van der Waals surface area contributed by atoms with Gasteiger partial charge in [-0.1, -0.05) is 170 Å². The van der Waals surface area contributed by atoms with Crippen LogP contribution in [-0.4, -0.2) is 38.4 Å². The molecule has 0 saturated carbocycles. The van der Waals surface area contributed by atoms with Gasteiger partial charge in [-0.3, -0.25) is 19.7 Å². The average Bonchev–Trinajstić information content (AvgIpc) is 3.02. The highest BCUT2D eigenvalue weighted by molar-refractivity contribution is 7.14. The Kier molecular flexibility index (Phi) is 12.8.